The highest BCUT2D eigenvalue weighted by atomic mass is 35.5. The number of carbonyl (C=O) groups excluding carboxylic acids is 1. The van der Waals surface area contributed by atoms with Crippen molar-refractivity contribution in [2.45, 2.75) is 45.6 Å². The van der Waals surface area contributed by atoms with Gasteiger partial charge in [0, 0.05) is 12.2 Å². The summed E-state index contributed by atoms with van der Waals surface area (Å²) in [7, 11) is 0. The van der Waals surface area contributed by atoms with E-state index in [2.05, 4.69) is 24.1 Å². The fraction of sp³-hybridized carbons (Fsp3) is 0.571. The second-order valence-electron chi connectivity index (χ2n) is 6.02. The molecule has 21 heavy (non-hydrogen) atoms. The second-order valence-corrected chi connectivity index (χ2v) is 6.37. The summed E-state index contributed by atoms with van der Waals surface area (Å²) in [5.74, 6) is -0.467. The number of pyridine rings is 1. The summed E-state index contributed by atoms with van der Waals surface area (Å²) >= 11 is 5.73. The highest BCUT2D eigenvalue weighted by Crippen LogP contribution is 2.36. The van der Waals surface area contributed by atoms with Crippen LogP contribution in [0.15, 0.2) is 12.3 Å². The summed E-state index contributed by atoms with van der Waals surface area (Å²) in [6.07, 6.45) is 5.40. The van der Waals surface area contributed by atoms with E-state index in [-0.39, 0.29) is 22.2 Å². The van der Waals surface area contributed by atoms with Crippen LogP contribution in [-0.2, 0) is 0 Å². The van der Waals surface area contributed by atoms with E-state index >= 15 is 0 Å². The summed E-state index contributed by atoms with van der Waals surface area (Å²) in [5, 5.41) is 13.7. The maximum Gasteiger partial charge on any atom is 0.319 e. The minimum atomic E-state index is -0.670. The Labute approximate surface area is 128 Å². The number of hydrogen-bond donors (Lipinski definition) is 1. The molecule has 1 aromatic rings. The Morgan fingerprint density at radius 2 is 2.24 bits per heavy atom. The molecular formula is C14H18ClN3O3. The van der Waals surface area contributed by atoms with Gasteiger partial charge in [-0.15, -0.1) is 0 Å². The van der Waals surface area contributed by atoms with Crippen LogP contribution >= 0.6 is 11.6 Å². The van der Waals surface area contributed by atoms with E-state index in [1.807, 2.05) is 0 Å². The molecule has 1 unspecified atom stereocenters. The lowest BCUT2D eigenvalue weighted by Crippen LogP contribution is -2.46. The number of halogens is 1. The van der Waals surface area contributed by atoms with Gasteiger partial charge >= 0.3 is 5.69 Å². The first-order chi connectivity index (χ1) is 9.83. The highest BCUT2D eigenvalue weighted by Gasteiger charge is 2.35. The normalized spacial score (nSPS) is 20.8. The molecule has 0 bridgehead atoms. The van der Waals surface area contributed by atoms with Gasteiger partial charge < -0.3 is 5.32 Å². The Morgan fingerprint density at radius 1 is 1.52 bits per heavy atom. The van der Waals surface area contributed by atoms with Gasteiger partial charge in [0.05, 0.1) is 4.92 Å². The number of nitrogens with one attached hydrogen (secondary N) is 1. The van der Waals surface area contributed by atoms with E-state index in [0.29, 0.717) is 0 Å². The molecule has 114 valence electrons. The van der Waals surface area contributed by atoms with Gasteiger partial charge in [-0.25, -0.2) is 4.98 Å². The smallest absolute Gasteiger partial charge is 0.319 e. The number of hydrogen-bond acceptors (Lipinski definition) is 4. The molecule has 1 amide bonds. The summed E-state index contributed by atoms with van der Waals surface area (Å²) in [4.78, 5) is 26.4. The van der Waals surface area contributed by atoms with Gasteiger partial charge in [-0.1, -0.05) is 38.3 Å². The number of nitro groups is 1. The molecule has 1 aromatic heterocycles. The zero-order valence-corrected chi connectivity index (χ0v) is 12.8. The Kier molecular flexibility index (Phi) is 4.46. The van der Waals surface area contributed by atoms with Gasteiger partial charge in [-0.3, -0.25) is 14.9 Å². The van der Waals surface area contributed by atoms with E-state index < -0.39 is 16.5 Å². The minimum absolute atomic E-state index is 0.00490. The van der Waals surface area contributed by atoms with Crippen LogP contribution in [0, 0.1) is 15.5 Å². The van der Waals surface area contributed by atoms with Crippen LogP contribution in [0.1, 0.15) is 49.9 Å². The van der Waals surface area contributed by atoms with Crippen LogP contribution in [0.4, 0.5) is 5.69 Å². The quantitative estimate of drug-likeness (QED) is 0.527. The lowest BCUT2D eigenvalue weighted by Gasteiger charge is -2.39. The maximum absolute atomic E-state index is 12.4. The van der Waals surface area contributed by atoms with Crippen LogP contribution in [-0.4, -0.2) is 21.9 Å². The van der Waals surface area contributed by atoms with Crippen molar-refractivity contribution in [1.82, 2.24) is 10.3 Å². The highest BCUT2D eigenvalue weighted by molar-refractivity contribution is 6.32. The molecule has 2 rings (SSSR count). The molecule has 1 heterocycles. The molecule has 1 fully saturated rings. The molecule has 1 N–H and O–H groups in total. The van der Waals surface area contributed by atoms with Crippen molar-refractivity contribution in [2.75, 3.05) is 0 Å². The molecule has 1 aliphatic carbocycles. The zero-order valence-electron chi connectivity index (χ0n) is 12.1. The van der Waals surface area contributed by atoms with E-state index in [4.69, 9.17) is 11.6 Å². The summed E-state index contributed by atoms with van der Waals surface area (Å²) in [5.41, 5.74) is -0.494. The van der Waals surface area contributed by atoms with Gasteiger partial charge in [-0.05, 0) is 24.3 Å². The molecular weight excluding hydrogens is 294 g/mol. The standard InChI is InChI=1S/C14H18ClN3O3/c1-14(2)7-4-3-5-10(14)17-13(19)9-6-8-16-12(15)11(9)18(20)21/h6,8,10H,3-5,7H2,1-2H3,(H,17,19). The molecule has 0 aliphatic heterocycles. The van der Waals surface area contributed by atoms with Crippen LogP contribution in [0.5, 0.6) is 0 Å². The number of rotatable bonds is 3. The van der Waals surface area contributed by atoms with Crippen LogP contribution < -0.4 is 5.32 Å². The van der Waals surface area contributed by atoms with Gasteiger partial charge in [0.25, 0.3) is 5.91 Å². The first-order valence-electron chi connectivity index (χ1n) is 6.92. The molecule has 7 heteroatoms. The van der Waals surface area contributed by atoms with Crippen LogP contribution in [0.2, 0.25) is 5.15 Å². The first-order valence-corrected chi connectivity index (χ1v) is 7.30. The van der Waals surface area contributed by atoms with Gasteiger partial charge in [0.2, 0.25) is 5.15 Å². The molecule has 0 aromatic carbocycles. The molecule has 1 aliphatic rings. The number of aromatic nitrogens is 1. The number of carbonyl (C=O) groups is 1. The van der Waals surface area contributed by atoms with Crippen molar-refractivity contribution in [3.05, 3.63) is 33.1 Å². The monoisotopic (exact) mass is 311 g/mol. The fourth-order valence-electron chi connectivity index (χ4n) is 2.78. The Balaban J connectivity index is 2.25. The Morgan fingerprint density at radius 3 is 2.86 bits per heavy atom. The predicted octanol–water partition coefficient (Wildman–Crippen LogP) is 3.34. The maximum atomic E-state index is 12.4. The fourth-order valence-corrected chi connectivity index (χ4v) is 3.01. The topological polar surface area (TPSA) is 85.1 Å². The number of nitrogens with zero attached hydrogens (tertiary/aromatic N) is 2. The molecule has 6 nitrogen and oxygen atoms in total. The van der Waals surface area contributed by atoms with Gasteiger partial charge in [-0.2, -0.15) is 0 Å². The van der Waals surface area contributed by atoms with Crippen molar-refractivity contribution in [3.63, 3.8) is 0 Å². The third-order valence-corrected chi connectivity index (χ3v) is 4.40. The second kappa shape index (κ2) is 5.97. The van der Waals surface area contributed by atoms with Crippen molar-refractivity contribution in [3.8, 4) is 0 Å². The SMILES string of the molecule is CC1(C)CCCCC1NC(=O)c1ccnc(Cl)c1[N+](=O)[O-]. The lowest BCUT2D eigenvalue weighted by atomic mass is 9.73. The van der Waals surface area contributed by atoms with Crippen molar-refractivity contribution in [1.29, 1.82) is 0 Å². The largest absolute Gasteiger partial charge is 0.349 e. The zero-order chi connectivity index (χ0) is 15.6. The summed E-state index contributed by atoms with van der Waals surface area (Å²) < 4.78 is 0. The van der Waals surface area contributed by atoms with Crippen LogP contribution in [0.3, 0.4) is 0 Å². The van der Waals surface area contributed by atoms with E-state index in [9.17, 15) is 14.9 Å². The Bertz CT molecular complexity index is 575. The predicted molar refractivity (Wildman–Crippen MR) is 79.4 cm³/mol. The van der Waals surface area contributed by atoms with Gasteiger partial charge in [0.15, 0.2) is 0 Å². The van der Waals surface area contributed by atoms with Crippen molar-refractivity contribution >= 4 is 23.2 Å². The van der Waals surface area contributed by atoms with Crippen molar-refractivity contribution in [2.24, 2.45) is 5.41 Å². The first kappa shape index (κ1) is 15.7. The minimum Gasteiger partial charge on any atom is -0.349 e. The van der Waals surface area contributed by atoms with Gasteiger partial charge in [0.1, 0.15) is 5.56 Å². The van der Waals surface area contributed by atoms with E-state index in [0.717, 1.165) is 25.7 Å². The average Bonchev–Trinajstić information content (AvgIpc) is 2.40. The molecule has 1 atom stereocenters. The van der Waals surface area contributed by atoms with Crippen LogP contribution in [0.25, 0.3) is 0 Å². The van der Waals surface area contributed by atoms with E-state index in [1.54, 1.807) is 0 Å². The van der Waals surface area contributed by atoms with Crippen molar-refractivity contribution < 1.29 is 9.72 Å². The Hall–Kier alpha value is -1.69. The average molecular weight is 312 g/mol. The lowest BCUT2D eigenvalue weighted by molar-refractivity contribution is -0.385. The molecule has 1 saturated carbocycles. The molecule has 0 spiro atoms. The summed E-state index contributed by atoms with van der Waals surface area (Å²) in [6, 6.07) is 1.33. The molecule has 0 saturated heterocycles. The third-order valence-electron chi connectivity index (χ3n) is 4.12. The number of amides is 1. The van der Waals surface area contributed by atoms with E-state index in [1.165, 1.54) is 12.3 Å². The summed E-state index contributed by atoms with van der Waals surface area (Å²) in [6.45, 7) is 4.20. The molecule has 0 radical (unpaired) electrons. The third kappa shape index (κ3) is 3.32.